The van der Waals surface area contributed by atoms with Crippen molar-refractivity contribution in [1.82, 2.24) is 5.43 Å². The maximum Gasteiger partial charge on any atom is 0.255 e. The van der Waals surface area contributed by atoms with E-state index in [2.05, 4.69) is 20.7 Å². The highest BCUT2D eigenvalue weighted by molar-refractivity contribution is 6.05. The molecule has 2 amide bonds. The maximum absolute atomic E-state index is 14.0. The second-order valence-corrected chi connectivity index (χ2v) is 6.52. The minimum atomic E-state index is -0.957. The third-order valence-electron chi connectivity index (χ3n) is 4.38. The lowest BCUT2D eigenvalue weighted by atomic mass is 10.1. The van der Waals surface area contributed by atoms with Crippen molar-refractivity contribution in [3.05, 3.63) is 53.3 Å². The Balaban J connectivity index is 1.73. The number of carbonyl (C=O) groups excluding carboxylic acids is 2. The van der Waals surface area contributed by atoms with Gasteiger partial charge in [0.1, 0.15) is 0 Å². The summed E-state index contributed by atoms with van der Waals surface area (Å²) in [5.41, 5.74) is 3.82. The standard InChI is InChI=1S/C20H21FN4O3/c1-13(26)24-22-12-15-10-14(11-18(21)19(15)27)20(28)23-16-4-6-17(7-5-16)25-8-2-3-9-25/h4-7,10-12,27H,2-3,8-9H2,1H3,(H,23,28)(H,24,26)/b22-12+. The molecule has 0 aliphatic carbocycles. The lowest BCUT2D eigenvalue weighted by Gasteiger charge is -2.17. The molecule has 0 saturated carbocycles. The van der Waals surface area contributed by atoms with E-state index in [1.807, 2.05) is 12.1 Å². The molecule has 7 nitrogen and oxygen atoms in total. The average Bonchev–Trinajstić information content (AvgIpc) is 3.20. The van der Waals surface area contributed by atoms with Crippen molar-refractivity contribution in [2.75, 3.05) is 23.3 Å². The molecular formula is C20H21FN4O3. The van der Waals surface area contributed by atoms with Gasteiger partial charge in [-0.25, -0.2) is 9.82 Å². The van der Waals surface area contributed by atoms with Crippen molar-refractivity contribution in [2.24, 2.45) is 5.10 Å². The summed E-state index contributed by atoms with van der Waals surface area (Å²) in [6.45, 7) is 3.32. The quantitative estimate of drug-likeness (QED) is 0.546. The van der Waals surface area contributed by atoms with Gasteiger partial charge in [0, 0.05) is 42.5 Å². The van der Waals surface area contributed by atoms with Crippen LogP contribution >= 0.6 is 0 Å². The summed E-state index contributed by atoms with van der Waals surface area (Å²) in [6.07, 6.45) is 3.43. The number of rotatable bonds is 5. The number of benzene rings is 2. The third kappa shape index (κ3) is 4.64. The molecule has 1 aliphatic rings. The molecule has 0 bridgehead atoms. The number of nitrogens with zero attached hydrogens (tertiary/aromatic N) is 2. The summed E-state index contributed by atoms with van der Waals surface area (Å²) in [6, 6.07) is 9.69. The van der Waals surface area contributed by atoms with Crippen LogP contribution in [-0.4, -0.2) is 36.2 Å². The summed E-state index contributed by atoms with van der Waals surface area (Å²) >= 11 is 0. The van der Waals surface area contributed by atoms with Crippen LogP contribution in [0.3, 0.4) is 0 Å². The van der Waals surface area contributed by atoms with Crippen LogP contribution in [0.25, 0.3) is 0 Å². The van der Waals surface area contributed by atoms with Crippen molar-refractivity contribution in [3.8, 4) is 5.75 Å². The van der Waals surface area contributed by atoms with E-state index in [0.717, 1.165) is 31.1 Å². The van der Waals surface area contributed by atoms with Gasteiger partial charge < -0.3 is 15.3 Å². The molecule has 0 atom stereocenters. The Bertz CT molecular complexity index is 906. The van der Waals surface area contributed by atoms with E-state index in [9.17, 15) is 19.1 Å². The number of nitrogens with one attached hydrogen (secondary N) is 2. The topological polar surface area (TPSA) is 94.0 Å². The summed E-state index contributed by atoms with van der Waals surface area (Å²) in [5.74, 6) is -2.55. The van der Waals surface area contributed by atoms with Crippen LogP contribution in [0.1, 0.15) is 35.7 Å². The maximum atomic E-state index is 14.0. The number of aromatic hydroxyl groups is 1. The fourth-order valence-electron chi connectivity index (χ4n) is 2.98. The monoisotopic (exact) mass is 384 g/mol. The number of phenols is 1. The lowest BCUT2D eigenvalue weighted by Crippen LogP contribution is -2.17. The lowest BCUT2D eigenvalue weighted by molar-refractivity contribution is -0.118. The van der Waals surface area contributed by atoms with Crippen LogP contribution in [0.2, 0.25) is 0 Å². The summed E-state index contributed by atoms with van der Waals surface area (Å²) in [7, 11) is 0. The minimum Gasteiger partial charge on any atom is -0.504 e. The van der Waals surface area contributed by atoms with E-state index in [1.165, 1.54) is 25.8 Å². The van der Waals surface area contributed by atoms with Gasteiger partial charge in [0.05, 0.1) is 6.21 Å². The number of anilines is 2. The average molecular weight is 384 g/mol. The minimum absolute atomic E-state index is 0.0168. The highest BCUT2D eigenvalue weighted by atomic mass is 19.1. The number of hydrogen-bond acceptors (Lipinski definition) is 5. The predicted octanol–water partition coefficient (Wildman–Crippen LogP) is 2.85. The Morgan fingerprint density at radius 3 is 2.50 bits per heavy atom. The molecule has 0 radical (unpaired) electrons. The molecule has 3 N–H and O–H groups in total. The van der Waals surface area contributed by atoms with Gasteiger partial charge in [-0.1, -0.05) is 0 Å². The number of halogens is 1. The molecule has 8 heteroatoms. The van der Waals surface area contributed by atoms with E-state index in [-0.39, 0.29) is 11.1 Å². The van der Waals surface area contributed by atoms with Crippen LogP contribution in [0.5, 0.6) is 5.75 Å². The Labute approximate surface area is 161 Å². The Hall–Kier alpha value is -3.42. The van der Waals surface area contributed by atoms with Crippen LogP contribution < -0.4 is 15.6 Å². The zero-order valence-electron chi connectivity index (χ0n) is 15.4. The van der Waals surface area contributed by atoms with Crippen LogP contribution in [0, 0.1) is 5.82 Å². The van der Waals surface area contributed by atoms with Crippen LogP contribution in [0.4, 0.5) is 15.8 Å². The van der Waals surface area contributed by atoms with E-state index in [1.54, 1.807) is 12.1 Å². The number of carbonyl (C=O) groups is 2. The zero-order valence-corrected chi connectivity index (χ0v) is 15.4. The molecule has 0 aromatic heterocycles. The molecule has 146 valence electrons. The van der Waals surface area contributed by atoms with Crippen molar-refractivity contribution in [1.29, 1.82) is 0 Å². The molecular weight excluding hydrogens is 363 g/mol. The Morgan fingerprint density at radius 2 is 1.86 bits per heavy atom. The molecule has 2 aromatic rings. The van der Waals surface area contributed by atoms with E-state index in [0.29, 0.717) is 5.69 Å². The van der Waals surface area contributed by atoms with Gasteiger partial charge in [-0.2, -0.15) is 5.10 Å². The van der Waals surface area contributed by atoms with Gasteiger partial charge in [-0.3, -0.25) is 9.59 Å². The fraction of sp³-hybridized carbons (Fsp3) is 0.250. The smallest absolute Gasteiger partial charge is 0.255 e. The van der Waals surface area contributed by atoms with Gasteiger partial charge >= 0.3 is 0 Å². The first kappa shape index (κ1) is 19.3. The van der Waals surface area contributed by atoms with Gasteiger partial charge in [0.2, 0.25) is 5.91 Å². The van der Waals surface area contributed by atoms with Crippen molar-refractivity contribution in [3.63, 3.8) is 0 Å². The molecule has 1 heterocycles. The second-order valence-electron chi connectivity index (χ2n) is 6.52. The normalized spacial score (nSPS) is 13.7. The van der Waals surface area contributed by atoms with Crippen LogP contribution in [0.15, 0.2) is 41.5 Å². The molecule has 0 spiro atoms. The first-order valence-electron chi connectivity index (χ1n) is 8.92. The summed E-state index contributed by atoms with van der Waals surface area (Å²) in [4.78, 5) is 25.6. The van der Waals surface area contributed by atoms with Gasteiger partial charge in [0.15, 0.2) is 11.6 Å². The van der Waals surface area contributed by atoms with Gasteiger partial charge in [-0.05, 0) is 49.2 Å². The molecule has 3 rings (SSSR count). The highest BCUT2D eigenvalue weighted by Gasteiger charge is 2.15. The number of hydrogen-bond donors (Lipinski definition) is 3. The molecule has 28 heavy (non-hydrogen) atoms. The molecule has 0 unspecified atom stereocenters. The molecule has 1 saturated heterocycles. The largest absolute Gasteiger partial charge is 0.504 e. The van der Waals surface area contributed by atoms with Crippen molar-refractivity contribution >= 4 is 29.4 Å². The zero-order chi connectivity index (χ0) is 20.1. The number of hydrazone groups is 1. The van der Waals surface area contributed by atoms with E-state index < -0.39 is 23.4 Å². The second kappa shape index (κ2) is 8.51. The SMILES string of the molecule is CC(=O)N/N=C/c1cc(C(=O)Nc2ccc(N3CCCC3)cc2)cc(F)c1O. The third-order valence-corrected chi connectivity index (χ3v) is 4.38. The van der Waals surface area contributed by atoms with Gasteiger partial charge in [0.25, 0.3) is 5.91 Å². The first-order valence-corrected chi connectivity index (χ1v) is 8.92. The van der Waals surface area contributed by atoms with E-state index >= 15 is 0 Å². The summed E-state index contributed by atoms with van der Waals surface area (Å²) < 4.78 is 14.0. The Kier molecular flexibility index (Phi) is 5.88. The predicted molar refractivity (Wildman–Crippen MR) is 105 cm³/mol. The number of amides is 2. The van der Waals surface area contributed by atoms with Gasteiger partial charge in [-0.15, -0.1) is 0 Å². The first-order chi connectivity index (χ1) is 13.4. The highest BCUT2D eigenvalue weighted by Crippen LogP contribution is 2.24. The van der Waals surface area contributed by atoms with Crippen molar-refractivity contribution < 1.29 is 19.1 Å². The Morgan fingerprint density at radius 1 is 1.18 bits per heavy atom. The summed E-state index contributed by atoms with van der Waals surface area (Å²) in [5, 5.41) is 16.1. The fourth-order valence-corrected chi connectivity index (χ4v) is 2.98. The number of phenolic OH excluding ortho intramolecular Hbond substituents is 1. The molecule has 2 aromatic carbocycles. The van der Waals surface area contributed by atoms with Crippen molar-refractivity contribution in [2.45, 2.75) is 19.8 Å². The van der Waals surface area contributed by atoms with E-state index in [4.69, 9.17) is 0 Å². The molecule has 1 fully saturated rings. The van der Waals surface area contributed by atoms with Crippen LogP contribution in [-0.2, 0) is 4.79 Å². The molecule has 1 aliphatic heterocycles.